The zero-order valence-electron chi connectivity index (χ0n) is 11.4. The van der Waals surface area contributed by atoms with E-state index in [-0.39, 0.29) is 5.91 Å². The van der Waals surface area contributed by atoms with Crippen molar-refractivity contribution in [1.29, 1.82) is 0 Å². The van der Waals surface area contributed by atoms with Crippen LogP contribution in [0.1, 0.15) is 19.4 Å². The summed E-state index contributed by atoms with van der Waals surface area (Å²) in [6.07, 6.45) is 0. The zero-order valence-corrected chi connectivity index (χ0v) is 11.4. The van der Waals surface area contributed by atoms with Crippen LogP contribution < -0.4 is 16.4 Å². The molecular formula is C14H20N4O. The molecule has 1 aromatic rings. The van der Waals surface area contributed by atoms with Crippen molar-refractivity contribution in [3.63, 3.8) is 0 Å². The number of nitrogens with zero attached hydrogens (tertiary/aromatic N) is 1. The van der Waals surface area contributed by atoms with Gasteiger partial charge in [0, 0.05) is 19.2 Å². The van der Waals surface area contributed by atoms with Crippen molar-refractivity contribution in [1.82, 2.24) is 5.32 Å². The van der Waals surface area contributed by atoms with Gasteiger partial charge in [0.05, 0.1) is 6.54 Å². The molecule has 0 saturated heterocycles. The fraction of sp³-hybridized carbons (Fsp3) is 0.286. The van der Waals surface area contributed by atoms with E-state index >= 15 is 0 Å². The van der Waals surface area contributed by atoms with Crippen LogP contribution >= 0.6 is 0 Å². The third-order valence-electron chi connectivity index (χ3n) is 2.25. The molecule has 0 aliphatic rings. The van der Waals surface area contributed by atoms with Gasteiger partial charge in [0.2, 0.25) is 5.91 Å². The van der Waals surface area contributed by atoms with Crippen LogP contribution in [0.3, 0.4) is 0 Å². The van der Waals surface area contributed by atoms with Crippen molar-refractivity contribution in [3.8, 4) is 0 Å². The molecule has 0 bridgehead atoms. The lowest BCUT2D eigenvalue weighted by Gasteiger charge is -2.06. The summed E-state index contributed by atoms with van der Waals surface area (Å²) in [6, 6.07) is 7.50. The van der Waals surface area contributed by atoms with Gasteiger partial charge in [-0.1, -0.05) is 24.3 Å². The molecule has 4 N–H and O–H groups in total. The molecule has 1 rings (SSSR count). The summed E-state index contributed by atoms with van der Waals surface area (Å²) in [4.78, 5) is 15.2. The van der Waals surface area contributed by atoms with E-state index in [2.05, 4.69) is 22.2 Å². The molecule has 5 heteroatoms. The third kappa shape index (κ3) is 6.26. The minimum atomic E-state index is -0.0942. The van der Waals surface area contributed by atoms with Gasteiger partial charge in [0.25, 0.3) is 0 Å². The minimum Gasteiger partial charge on any atom is -0.370 e. The normalized spacial score (nSPS) is 10.9. The first kappa shape index (κ1) is 14.8. The molecule has 0 saturated carbocycles. The van der Waals surface area contributed by atoms with Gasteiger partial charge >= 0.3 is 0 Å². The highest BCUT2D eigenvalue weighted by atomic mass is 16.1. The molecule has 1 aromatic carbocycles. The molecule has 102 valence electrons. The molecule has 0 unspecified atom stereocenters. The summed E-state index contributed by atoms with van der Waals surface area (Å²) >= 11 is 0. The van der Waals surface area contributed by atoms with E-state index < -0.39 is 0 Å². The van der Waals surface area contributed by atoms with Crippen molar-refractivity contribution in [2.45, 2.75) is 20.4 Å². The summed E-state index contributed by atoms with van der Waals surface area (Å²) in [7, 11) is 0. The first-order valence-electron chi connectivity index (χ1n) is 6.02. The maximum Gasteiger partial charge on any atom is 0.221 e. The molecule has 0 spiro atoms. The Kier molecular flexibility index (Phi) is 5.60. The number of aliphatic imine (C=N–C) groups is 1. The number of guanidine groups is 1. The predicted octanol–water partition coefficient (Wildman–Crippen LogP) is 1.63. The van der Waals surface area contributed by atoms with Gasteiger partial charge in [-0.25, -0.2) is 4.99 Å². The van der Waals surface area contributed by atoms with E-state index in [4.69, 9.17) is 5.73 Å². The van der Waals surface area contributed by atoms with Crippen LogP contribution in [0.4, 0.5) is 5.69 Å². The van der Waals surface area contributed by atoms with Gasteiger partial charge in [-0.3, -0.25) is 4.79 Å². The molecule has 0 atom stereocenters. The van der Waals surface area contributed by atoms with Gasteiger partial charge < -0.3 is 16.4 Å². The maximum atomic E-state index is 11.0. The molecule has 0 aromatic heterocycles. The van der Waals surface area contributed by atoms with Crippen LogP contribution in [0.15, 0.2) is 41.4 Å². The lowest BCUT2D eigenvalue weighted by atomic mass is 10.2. The Hall–Kier alpha value is -2.30. The number of nitrogens with one attached hydrogen (secondary N) is 2. The van der Waals surface area contributed by atoms with E-state index in [9.17, 15) is 4.79 Å². The average molecular weight is 260 g/mol. The second kappa shape index (κ2) is 7.20. The second-order valence-electron chi connectivity index (χ2n) is 4.39. The Morgan fingerprint density at radius 2 is 2.16 bits per heavy atom. The highest BCUT2D eigenvalue weighted by molar-refractivity contribution is 5.88. The molecular weight excluding hydrogens is 240 g/mol. The maximum absolute atomic E-state index is 11.0. The zero-order chi connectivity index (χ0) is 14.3. The lowest BCUT2D eigenvalue weighted by molar-refractivity contribution is -0.114. The summed E-state index contributed by atoms with van der Waals surface area (Å²) in [5.74, 6) is 0.288. The van der Waals surface area contributed by atoms with E-state index in [1.165, 1.54) is 6.92 Å². The van der Waals surface area contributed by atoms with E-state index in [0.717, 1.165) is 16.8 Å². The largest absolute Gasteiger partial charge is 0.370 e. The number of hydrogen-bond donors (Lipinski definition) is 3. The van der Waals surface area contributed by atoms with Crippen molar-refractivity contribution in [2.24, 2.45) is 10.7 Å². The Labute approximate surface area is 113 Å². The number of carbonyl (C=O) groups is 1. The van der Waals surface area contributed by atoms with Gasteiger partial charge in [0.15, 0.2) is 5.96 Å². The van der Waals surface area contributed by atoms with Crippen LogP contribution in [0.5, 0.6) is 0 Å². The van der Waals surface area contributed by atoms with Crippen molar-refractivity contribution in [3.05, 3.63) is 42.0 Å². The van der Waals surface area contributed by atoms with Crippen LogP contribution in [-0.4, -0.2) is 18.4 Å². The molecule has 0 fully saturated rings. The Bertz CT molecular complexity index is 494. The first-order chi connectivity index (χ1) is 8.97. The second-order valence-corrected chi connectivity index (χ2v) is 4.39. The summed E-state index contributed by atoms with van der Waals surface area (Å²) in [5, 5.41) is 5.68. The Balaban J connectivity index is 2.59. The topological polar surface area (TPSA) is 79.5 Å². The monoisotopic (exact) mass is 260 g/mol. The molecule has 19 heavy (non-hydrogen) atoms. The number of hydrogen-bond acceptors (Lipinski definition) is 2. The summed E-state index contributed by atoms with van der Waals surface area (Å²) < 4.78 is 0. The van der Waals surface area contributed by atoms with Crippen LogP contribution in [0.25, 0.3) is 0 Å². The molecule has 0 aliphatic heterocycles. The van der Waals surface area contributed by atoms with Gasteiger partial charge in [-0.2, -0.15) is 0 Å². The summed E-state index contributed by atoms with van der Waals surface area (Å²) in [6.45, 7) is 8.23. The Morgan fingerprint density at radius 3 is 2.79 bits per heavy atom. The number of nitrogens with two attached hydrogens (primary N) is 1. The average Bonchev–Trinajstić information content (AvgIpc) is 2.33. The number of rotatable bonds is 5. The predicted molar refractivity (Wildman–Crippen MR) is 78.9 cm³/mol. The van der Waals surface area contributed by atoms with Crippen molar-refractivity contribution >= 4 is 17.6 Å². The van der Waals surface area contributed by atoms with Crippen LogP contribution in [0.2, 0.25) is 0 Å². The molecule has 0 radical (unpaired) electrons. The highest BCUT2D eigenvalue weighted by Gasteiger charge is 1.98. The minimum absolute atomic E-state index is 0.0942. The first-order valence-corrected chi connectivity index (χ1v) is 6.02. The Morgan fingerprint density at radius 1 is 1.42 bits per heavy atom. The van der Waals surface area contributed by atoms with Crippen molar-refractivity contribution < 1.29 is 4.79 Å². The van der Waals surface area contributed by atoms with E-state index in [1.807, 2.05) is 31.2 Å². The number of amides is 1. The standard InChI is InChI=1S/C14H20N4O/c1-10(2)8-16-14(15)17-9-12-5-4-6-13(7-12)18-11(3)19/h4-7H,1,8-9H2,2-3H3,(H,18,19)(H3,15,16,17). The third-order valence-corrected chi connectivity index (χ3v) is 2.25. The molecule has 0 heterocycles. The van der Waals surface area contributed by atoms with E-state index in [1.54, 1.807) is 0 Å². The number of benzene rings is 1. The number of anilines is 1. The SMILES string of the molecule is C=C(C)CNC(N)=NCc1cccc(NC(C)=O)c1. The van der Waals surface area contributed by atoms with Gasteiger partial charge in [0.1, 0.15) is 0 Å². The van der Waals surface area contributed by atoms with Crippen LogP contribution in [0, 0.1) is 0 Å². The molecule has 1 amide bonds. The molecule has 5 nitrogen and oxygen atoms in total. The smallest absolute Gasteiger partial charge is 0.221 e. The highest BCUT2D eigenvalue weighted by Crippen LogP contribution is 2.11. The van der Waals surface area contributed by atoms with Crippen LogP contribution in [-0.2, 0) is 11.3 Å². The van der Waals surface area contributed by atoms with Crippen molar-refractivity contribution in [2.75, 3.05) is 11.9 Å². The quantitative estimate of drug-likeness (QED) is 0.427. The van der Waals surface area contributed by atoms with Gasteiger partial charge in [-0.05, 0) is 24.6 Å². The number of carbonyl (C=O) groups excluding carboxylic acids is 1. The van der Waals surface area contributed by atoms with E-state index in [0.29, 0.717) is 19.0 Å². The molecule has 0 aliphatic carbocycles. The fourth-order valence-electron chi connectivity index (χ4n) is 1.42. The fourth-order valence-corrected chi connectivity index (χ4v) is 1.42. The lowest BCUT2D eigenvalue weighted by Crippen LogP contribution is -2.32. The summed E-state index contributed by atoms with van der Waals surface area (Å²) in [5.41, 5.74) is 8.44. The van der Waals surface area contributed by atoms with Gasteiger partial charge in [-0.15, -0.1) is 0 Å².